The number of thiophene rings is 1. The Bertz CT molecular complexity index is 1240. The molecule has 0 aliphatic carbocycles. The fourth-order valence-corrected chi connectivity index (χ4v) is 5.27. The minimum atomic E-state index is -0.343. The first-order valence-corrected chi connectivity index (χ1v) is 13.1. The van der Waals surface area contributed by atoms with E-state index in [4.69, 9.17) is 16.3 Å². The van der Waals surface area contributed by atoms with Crippen molar-refractivity contribution >= 4 is 40.6 Å². The number of nitrogens with zero attached hydrogens (tertiary/aromatic N) is 2. The normalized spacial score (nSPS) is 14.6. The van der Waals surface area contributed by atoms with Crippen LogP contribution in [-0.4, -0.2) is 48.0 Å². The lowest BCUT2D eigenvalue weighted by molar-refractivity contribution is -0.135. The second kappa shape index (κ2) is 11.6. The smallest absolute Gasteiger partial charge is 0.322 e. The molecule has 1 aliphatic rings. The minimum absolute atomic E-state index is 0.0558. The number of rotatable bonds is 8. The van der Waals surface area contributed by atoms with Gasteiger partial charge >= 0.3 is 6.03 Å². The predicted molar refractivity (Wildman–Crippen MR) is 146 cm³/mol. The van der Waals surface area contributed by atoms with E-state index >= 15 is 0 Å². The van der Waals surface area contributed by atoms with Crippen LogP contribution in [-0.2, 0) is 11.2 Å². The van der Waals surface area contributed by atoms with Crippen LogP contribution < -0.4 is 10.1 Å². The molecule has 0 saturated carbocycles. The maximum absolute atomic E-state index is 13.5. The van der Waals surface area contributed by atoms with E-state index in [2.05, 4.69) is 23.3 Å². The molecule has 6 nitrogen and oxygen atoms in total. The van der Waals surface area contributed by atoms with E-state index in [1.807, 2.05) is 61.2 Å². The number of carbonyl (C=O) groups excluding carboxylic acids is 2. The molecule has 0 saturated heterocycles. The number of carbonyl (C=O) groups is 2. The summed E-state index contributed by atoms with van der Waals surface area (Å²) in [4.78, 5) is 31.1. The number of hydrogen-bond donors (Lipinski definition) is 1. The first-order valence-electron chi connectivity index (χ1n) is 11.8. The Morgan fingerprint density at radius 1 is 1.22 bits per heavy atom. The second-order valence-corrected chi connectivity index (χ2v) is 10.2. The molecule has 1 N–H and O–H groups in total. The molecule has 1 aromatic heterocycles. The number of amides is 3. The molecule has 0 fully saturated rings. The summed E-state index contributed by atoms with van der Waals surface area (Å²) in [5.41, 5.74) is 3.81. The van der Waals surface area contributed by atoms with Crippen LogP contribution in [0.3, 0.4) is 0 Å². The average Bonchev–Trinajstić information content (AvgIpc) is 3.35. The molecular formula is C28H30ClN3O3S. The van der Waals surface area contributed by atoms with Crippen molar-refractivity contribution in [3.05, 3.63) is 93.2 Å². The van der Waals surface area contributed by atoms with Gasteiger partial charge in [-0.3, -0.25) is 4.79 Å². The Morgan fingerprint density at radius 3 is 2.72 bits per heavy atom. The van der Waals surface area contributed by atoms with Crippen molar-refractivity contribution in [3.8, 4) is 5.75 Å². The lowest BCUT2D eigenvalue weighted by atomic mass is 10.0. The topological polar surface area (TPSA) is 61.9 Å². The highest BCUT2D eigenvalue weighted by Gasteiger charge is 2.33. The Labute approximate surface area is 221 Å². The van der Waals surface area contributed by atoms with E-state index in [9.17, 15) is 9.59 Å². The molecule has 1 aliphatic heterocycles. The predicted octanol–water partition coefficient (Wildman–Crippen LogP) is 6.24. The van der Waals surface area contributed by atoms with Crippen LogP contribution in [0.4, 0.5) is 10.5 Å². The number of fused-ring (bicyclic) bond motifs is 1. The SMILES string of the molecule is C=CCN(CC(=O)N1CCc2sccc2[C@H]1COc1ccc(Cl)c(C)c1)C(=O)Nc1ccc(C)cc1. The monoisotopic (exact) mass is 523 g/mol. The fraction of sp³-hybridized carbons (Fsp3) is 0.286. The third-order valence-corrected chi connectivity index (χ3v) is 7.64. The summed E-state index contributed by atoms with van der Waals surface area (Å²) in [6.45, 7) is 8.76. The maximum Gasteiger partial charge on any atom is 0.322 e. The van der Waals surface area contributed by atoms with E-state index < -0.39 is 0 Å². The summed E-state index contributed by atoms with van der Waals surface area (Å²) in [5.74, 6) is 0.575. The highest BCUT2D eigenvalue weighted by molar-refractivity contribution is 7.10. The lowest BCUT2D eigenvalue weighted by Gasteiger charge is -2.37. The quantitative estimate of drug-likeness (QED) is 0.355. The molecule has 2 heterocycles. The Kier molecular flexibility index (Phi) is 8.33. The van der Waals surface area contributed by atoms with Crippen molar-refractivity contribution in [3.63, 3.8) is 0 Å². The standard InChI is InChI=1S/C28H30ClN3O3S/c1-4-13-31(28(34)30-21-7-5-19(2)6-8-21)17-27(33)32-14-11-26-23(12-15-36-26)25(32)18-35-22-9-10-24(29)20(3)16-22/h4-10,12,15-16,25H,1,11,13-14,17-18H2,2-3H3,(H,30,34)/t25-/m1/s1. The summed E-state index contributed by atoms with van der Waals surface area (Å²) in [5, 5.41) is 5.61. The molecule has 0 unspecified atom stereocenters. The fourth-order valence-electron chi connectivity index (χ4n) is 4.23. The van der Waals surface area contributed by atoms with Crippen molar-refractivity contribution in [1.82, 2.24) is 9.80 Å². The van der Waals surface area contributed by atoms with Gasteiger partial charge in [0, 0.05) is 28.7 Å². The van der Waals surface area contributed by atoms with Crippen molar-refractivity contribution in [2.24, 2.45) is 0 Å². The Hall–Kier alpha value is -3.29. The zero-order valence-corrected chi connectivity index (χ0v) is 22.1. The average molecular weight is 524 g/mol. The van der Waals surface area contributed by atoms with E-state index in [1.165, 1.54) is 9.78 Å². The van der Waals surface area contributed by atoms with Gasteiger partial charge in [-0.2, -0.15) is 0 Å². The van der Waals surface area contributed by atoms with E-state index in [0.29, 0.717) is 29.6 Å². The Morgan fingerprint density at radius 2 is 2.00 bits per heavy atom. The minimum Gasteiger partial charge on any atom is -0.491 e. The summed E-state index contributed by atoms with van der Waals surface area (Å²) < 4.78 is 6.12. The summed E-state index contributed by atoms with van der Waals surface area (Å²) in [6.07, 6.45) is 2.41. The van der Waals surface area contributed by atoms with E-state index in [-0.39, 0.29) is 31.1 Å². The van der Waals surface area contributed by atoms with Gasteiger partial charge in [-0.05, 0) is 73.2 Å². The summed E-state index contributed by atoms with van der Waals surface area (Å²) in [6, 6.07) is 14.6. The van der Waals surface area contributed by atoms with Crippen molar-refractivity contribution in [2.75, 3.05) is 31.6 Å². The van der Waals surface area contributed by atoms with Gasteiger partial charge in [-0.15, -0.1) is 17.9 Å². The number of hydrogen-bond acceptors (Lipinski definition) is 4. The van der Waals surface area contributed by atoms with Gasteiger partial charge in [-0.25, -0.2) is 4.79 Å². The Balaban J connectivity index is 1.48. The van der Waals surface area contributed by atoms with Crippen LogP contribution in [0.25, 0.3) is 0 Å². The molecule has 4 rings (SSSR count). The molecule has 3 aromatic rings. The third kappa shape index (κ3) is 6.09. The number of ether oxygens (including phenoxy) is 1. The molecule has 188 valence electrons. The zero-order valence-electron chi connectivity index (χ0n) is 20.5. The first-order chi connectivity index (χ1) is 17.4. The van der Waals surface area contributed by atoms with Gasteiger partial charge in [0.15, 0.2) is 0 Å². The van der Waals surface area contributed by atoms with Crippen molar-refractivity contribution in [1.29, 1.82) is 0 Å². The first kappa shape index (κ1) is 25.8. The molecule has 2 aromatic carbocycles. The molecule has 8 heteroatoms. The molecule has 0 spiro atoms. The molecule has 1 atom stereocenters. The summed E-state index contributed by atoms with van der Waals surface area (Å²) >= 11 is 7.85. The van der Waals surface area contributed by atoms with Crippen LogP contribution in [0.15, 0.2) is 66.6 Å². The van der Waals surface area contributed by atoms with Gasteiger partial charge in [0.25, 0.3) is 0 Å². The van der Waals surface area contributed by atoms with Crippen LogP contribution in [0.2, 0.25) is 5.02 Å². The van der Waals surface area contributed by atoms with Crippen LogP contribution in [0, 0.1) is 13.8 Å². The zero-order chi connectivity index (χ0) is 25.7. The van der Waals surface area contributed by atoms with Gasteiger partial charge in [0.05, 0.1) is 6.04 Å². The van der Waals surface area contributed by atoms with Crippen LogP contribution in [0.5, 0.6) is 5.75 Å². The molecule has 0 radical (unpaired) electrons. The second-order valence-electron chi connectivity index (χ2n) is 8.84. The third-order valence-electron chi connectivity index (χ3n) is 6.22. The largest absolute Gasteiger partial charge is 0.491 e. The van der Waals surface area contributed by atoms with Gasteiger partial charge < -0.3 is 19.9 Å². The van der Waals surface area contributed by atoms with Gasteiger partial charge in [0.1, 0.15) is 18.9 Å². The van der Waals surface area contributed by atoms with Crippen molar-refractivity contribution < 1.29 is 14.3 Å². The van der Waals surface area contributed by atoms with E-state index in [1.54, 1.807) is 17.4 Å². The summed E-state index contributed by atoms with van der Waals surface area (Å²) in [7, 11) is 0. The molecule has 3 amide bonds. The maximum atomic E-state index is 13.5. The number of benzene rings is 2. The number of anilines is 1. The van der Waals surface area contributed by atoms with E-state index in [0.717, 1.165) is 23.1 Å². The molecule has 0 bridgehead atoms. The molecule has 36 heavy (non-hydrogen) atoms. The van der Waals surface area contributed by atoms with Crippen LogP contribution in [0.1, 0.15) is 27.6 Å². The highest BCUT2D eigenvalue weighted by atomic mass is 35.5. The van der Waals surface area contributed by atoms with Crippen molar-refractivity contribution in [2.45, 2.75) is 26.3 Å². The number of aryl methyl sites for hydroxylation is 2. The van der Waals surface area contributed by atoms with Gasteiger partial charge in [0.2, 0.25) is 5.91 Å². The molecular weight excluding hydrogens is 494 g/mol. The number of halogens is 1. The number of nitrogens with one attached hydrogen (secondary N) is 1. The highest BCUT2D eigenvalue weighted by Crippen LogP contribution is 2.34. The number of urea groups is 1. The van der Waals surface area contributed by atoms with Gasteiger partial charge in [-0.1, -0.05) is 35.4 Å². The van der Waals surface area contributed by atoms with Crippen LogP contribution >= 0.6 is 22.9 Å². The lowest BCUT2D eigenvalue weighted by Crippen LogP contribution is -2.48.